The van der Waals surface area contributed by atoms with Crippen LogP contribution in [0.25, 0.3) is 0 Å². The van der Waals surface area contributed by atoms with Gasteiger partial charge in [0.1, 0.15) is 6.04 Å². The van der Waals surface area contributed by atoms with Crippen molar-refractivity contribution in [2.45, 2.75) is 58.9 Å². The van der Waals surface area contributed by atoms with Crippen molar-refractivity contribution in [3.8, 4) is 0 Å². The lowest BCUT2D eigenvalue weighted by Crippen LogP contribution is -2.46. The average Bonchev–Trinajstić information content (AvgIpc) is 2.41. The predicted octanol–water partition coefficient (Wildman–Crippen LogP) is 1.76. The van der Waals surface area contributed by atoms with E-state index in [9.17, 15) is 9.59 Å². The molecule has 0 fully saturated rings. The van der Waals surface area contributed by atoms with E-state index < -0.39 is 6.04 Å². The summed E-state index contributed by atoms with van der Waals surface area (Å²) in [6.45, 7) is 6.89. The third-order valence-electron chi connectivity index (χ3n) is 3.71. The van der Waals surface area contributed by atoms with E-state index in [2.05, 4.69) is 26.1 Å². The summed E-state index contributed by atoms with van der Waals surface area (Å²) in [5.74, 6) is 0.783. The van der Waals surface area contributed by atoms with Gasteiger partial charge in [-0.25, -0.2) is 0 Å². The van der Waals surface area contributed by atoms with Gasteiger partial charge in [0.05, 0.1) is 0 Å². The van der Waals surface area contributed by atoms with Crippen molar-refractivity contribution in [1.29, 1.82) is 0 Å². The zero-order valence-corrected chi connectivity index (χ0v) is 14.3. The molecule has 0 radical (unpaired) electrons. The molecule has 0 heterocycles. The van der Waals surface area contributed by atoms with E-state index >= 15 is 0 Å². The maximum absolute atomic E-state index is 12.1. The molecule has 0 aliphatic carbocycles. The van der Waals surface area contributed by atoms with E-state index in [-0.39, 0.29) is 11.8 Å². The molecule has 0 bridgehead atoms. The highest BCUT2D eigenvalue weighted by atomic mass is 16.2. The molecule has 21 heavy (non-hydrogen) atoms. The Morgan fingerprint density at radius 3 is 2.24 bits per heavy atom. The van der Waals surface area contributed by atoms with E-state index in [0.717, 1.165) is 19.3 Å². The second-order valence-electron chi connectivity index (χ2n) is 6.37. The largest absolute Gasteiger partial charge is 0.347 e. The monoisotopic (exact) mass is 299 g/mol. The number of amides is 2. The normalized spacial score (nSPS) is 13.9. The molecule has 2 atom stereocenters. The van der Waals surface area contributed by atoms with Crippen LogP contribution >= 0.6 is 0 Å². The SMILES string of the molecule is CCC(CCN)CCC(=O)NC(CC(C)C)C(=O)N(C)C. The summed E-state index contributed by atoms with van der Waals surface area (Å²) < 4.78 is 0. The van der Waals surface area contributed by atoms with Gasteiger partial charge in [-0.1, -0.05) is 27.2 Å². The molecular formula is C16H33N3O2. The van der Waals surface area contributed by atoms with Gasteiger partial charge in [0.2, 0.25) is 11.8 Å². The fourth-order valence-electron chi connectivity index (χ4n) is 2.39. The van der Waals surface area contributed by atoms with Crippen LogP contribution in [0.4, 0.5) is 0 Å². The van der Waals surface area contributed by atoms with E-state index in [1.54, 1.807) is 14.1 Å². The first kappa shape index (κ1) is 19.9. The van der Waals surface area contributed by atoms with Crippen molar-refractivity contribution < 1.29 is 9.59 Å². The predicted molar refractivity (Wildman–Crippen MR) is 86.8 cm³/mol. The Hall–Kier alpha value is -1.10. The van der Waals surface area contributed by atoms with Crippen LogP contribution in [0, 0.1) is 11.8 Å². The fourth-order valence-corrected chi connectivity index (χ4v) is 2.39. The number of nitrogens with one attached hydrogen (secondary N) is 1. The second-order valence-corrected chi connectivity index (χ2v) is 6.37. The summed E-state index contributed by atoms with van der Waals surface area (Å²) in [6.07, 6.45) is 3.97. The van der Waals surface area contributed by atoms with Gasteiger partial charge >= 0.3 is 0 Å². The van der Waals surface area contributed by atoms with Gasteiger partial charge in [0.15, 0.2) is 0 Å². The smallest absolute Gasteiger partial charge is 0.244 e. The standard InChI is InChI=1S/C16H33N3O2/c1-6-13(9-10-17)7-8-15(20)18-14(11-12(2)3)16(21)19(4)5/h12-14H,6-11,17H2,1-5H3,(H,18,20). The van der Waals surface area contributed by atoms with Gasteiger partial charge in [-0.3, -0.25) is 9.59 Å². The topological polar surface area (TPSA) is 75.4 Å². The van der Waals surface area contributed by atoms with E-state index in [1.165, 1.54) is 4.90 Å². The minimum absolute atomic E-state index is 0.0358. The first-order chi connectivity index (χ1) is 9.81. The van der Waals surface area contributed by atoms with Crippen molar-refractivity contribution >= 4 is 11.8 Å². The highest BCUT2D eigenvalue weighted by Gasteiger charge is 2.23. The van der Waals surface area contributed by atoms with Crippen LogP contribution in [-0.4, -0.2) is 43.4 Å². The van der Waals surface area contributed by atoms with Gasteiger partial charge in [-0.15, -0.1) is 0 Å². The van der Waals surface area contributed by atoms with Gasteiger partial charge < -0.3 is 16.0 Å². The molecule has 2 amide bonds. The molecule has 0 aromatic rings. The van der Waals surface area contributed by atoms with Crippen LogP contribution < -0.4 is 11.1 Å². The number of likely N-dealkylation sites (N-methyl/N-ethyl adjacent to an activating group) is 1. The van der Waals surface area contributed by atoms with Gasteiger partial charge in [-0.2, -0.15) is 0 Å². The molecule has 124 valence electrons. The Balaban J connectivity index is 4.42. The molecule has 0 rings (SSSR count). The van der Waals surface area contributed by atoms with Crippen molar-refractivity contribution in [1.82, 2.24) is 10.2 Å². The zero-order chi connectivity index (χ0) is 16.4. The van der Waals surface area contributed by atoms with Crippen molar-refractivity contribution in [2.75, 3.05) is 20.6 Å². The molecule has 0 saturated carbocycles. The lowest BCUT2D eigenvalue weighted by molar-refractivity contribution is -0.134. The summed E-state index contributed by atoms with van der Waals surface area (Å²) >= 11 is 0. The minimum Gasteiger partial charge on any atom is -0.347 e. The zero-order valence-electron chi connectivity index (χ0n) is 14.3. The molecule has 5 heteroatoms. The van der Waals surface area contributed by atoms with Crippen LogP contribution in [-0.2, 0) is 9.59 Å². The van der Waals surface area contributed by atoms with Crippen LogP contribution in [0.2, 0.25) is 0 Å². The maximum atomic E-state index is 12.1. The fraction of sp³-hybridized carbons (Fsp3) is 0.875. The van der Waals surface area contributed by atoms with Gasteiger partial charge in [-0.05, 0) is 37.6 Å². The third-order valence-corrected chi connectivity index (χ3v) is 3.71. The Morgan fingerprint density at radius 1 is 1.19 bits per heavy atom. The Morgan fingerprint density at radius 2 is 1.81 bits per heavy atom. The van der Waals surface area contributed by atoms with Crippen LogP contribution in [0.5, 0.6) is 0 Å². The molecule has 0 spiro atoms. The van der Waals surface area contributed by atoms with E-state index in [1.807, 2.05) is 0 Å². The Labute approximate surface area is 129 Å². The molecule has 2 unspecified atom stereocenters. The quantitative estimate of drug-likeness (QED) is 0.645. The van der Waals surface area contributed by atoms with Crippen molar-refractivity contribution in [3.05, 3.63) is 0 Å². The number of nitrogens with two attached hydrogens (primary N) is 1. The lowest BCUT2D eigenvalue weighted by atomic mass is 9.96. The van der Waals surface area contributed by atoms with E-state index in [4.69, 9.17) is 5.73 Å². The highest BCUT2D eigenvalue weighted by Crippen LogP contribution is 2.15. The lowest BCUT2D eigenvalue weighted by Gasteiger charge is -2.23. The van der Waals surface area contributed by atoms with Crippen molar-refractivity contribution in [2.24, 2.45) is 17.6 Å². The molecular weight excluding hydrogens is 266 g/mol. The molecule has 3 N–H and O–H groups in total. The first-order valence-corrected chi connectivity index (χ1v) is 8.02. The molecule has 0 saturated heterocycles. The maximum Gasteiger partial charge on any atom is 0.244 e. The number of carbonyl (C=O) groups excluding carboxylic acids is 2. The summed E-state index contributed by atoms with van der Waals surface area (Å²) in [7, 11) is 3.44. The molecule has 0 aliphatic heterocycles. The average molecular weight is 299 g/mol. The molecule has 5 nitrogen and oxygen atoms in total. The Kier molecular flexibility index (Phi) is 10.0. The van der Waals surface area contributed by atoms with Crippen LogP contribution in [0.3, 0.4) is 0 Å². The summed E-state index contributed by atoms with van der Waals surface area (Å²) in [5, 5.41) is 2.89. The number of nitrogens with zero attached hydrogens (tertiary/aromatic N) is 1. The second kappa shape index (κ2) is 10.6. The molecule has 0 aliphatic rings. The highest BCUT2D eigenvalue weighted by molar-refractivity contribution is 5.87. The first-order valence-electron chi connectivity index (χ1n) is 8.02. The summed E-state index contributed by atoms with van der Waals surface area (Å²) in [5.41, 5.74) is 5.57. The molecule has 0 aromatic carbocycles. The van der Waals surface area contributed by atoms with Gasteiger partial charge in [0, 0.05) is 20.5 Å². The number of rotatable bonds is 10. The third kappa shape index (κ3) is 8.71. The van der Waals surface area contributed by atoms with Gasteiger partial charge in [0.25, 0.3) is 0 Å². The minimum atomic E-state index is -0.415. The number of hydrogen-bond donors (Lipinski definition) is 2. The summed E-state index contributed by atoms with van der Waals surface area (Å²) in [6, 6.07) is -0.415. The van der Waals surface area contributed by atoms with Crippen LogP contribution in [0.15, 0.2) is 0 Å². The molecule has 0 aromatic heterocycles. The van der Waals surface area contributed by atoms with Crippen molar-refractivity contribution in [3.63, 3.8) is 0 Å². The Bertz CT molecular complexity index is 317. The van der Waals surface area contributed by atoms with E-state index in [0.29, 0.717) is 31.2 Å². The van der Waals surface area contributed by atoms with Crippen LogP contribution in [0.1, 0.15) is 52.9 Å². The summed E-state index contributed by atoms with van der Waals surface area (Å²) in [4.78, 5) is 25.7. The number of hydrogen-bond acceptors (Lipinski definition) is 3. The number of carbonyl (C=O) groups is 2.